The van der Waals surface area contributed by atoms with Gasteiger partial charge in [0, 0.05) is 0 Å². The minimum absolute atomic E-state index is 0.0157. The summed E-state index contributed by atoms with van der Waals surface area (Å²) in [6.45, 7) is 4.06. The normalized spacial score (nSPS) is 47.5. The van der Waals surface area contributed by atoms with E-state index in [-0.39, 0.29) is 6.10 Å². The molecule has 0 amide bonds. The molecule has 7 atom stereocenters. The maximum Gasteiger partial charge on any atom is 0.140 e. The Hall–Kier alpha value is -0.120. The molecule has 3 aliphatic rings. The van der Waals surface area contributed by atoms with Crippen molar-refractivity contribution in [1.29, 1.82) is 0 Å². The number of aliphatic hydroxyl groups excluding tert-OH is 2. The predicted molar refractivity (Wildman–Crippen MR) is 79.9 cm³/mol. The molecule has 0 spiro atoms. The van der Waals surface area contributed by atoms with Gasteiger partial charge in [0.1, 0.15) is 6.79 Å². The molecule has 3 aliphatic carbocycles. The van der Waals surface area contributed by atoms with Gasteiger partial charge in [-0.15, -0.1) is 0 Å². The largest absolute Gasteiger partial charge is 0.393 e. The van der Waals surface area contributed by atoms with E-state index in [2.05, 4.69) is 13.8 Å². The first-order chi connectivity index (χ1) is 9.58. The van der Waals surface area contributed by atoms with Gasteiger partial charge >= 0.3 is 0 Å². The van der Waals surface area contributed by atoms with Gasteiger partial charge in [0.25, 0.3) is 0 Å². The molecule has 3 nitrogen and oxygen atoms in total. The van der Waals surface area contributed by atoms with Crippen LogP contribution in [0.25, 0.3) is 0 Å². The summed E-state index contributed by atoms with van der Waals surface area (Å²) in [4.78, 5) is 0. The standard InChI is InChI=1S/C16H28O.CH4O2/c1-10-8-15-13-5-3-4-11(2)12(13)6-7-14(15)16(17)9-10;2-1-3/h10-17H,3-9H2,1-2H3;2-3H,1H2/t10-,11+,12-,13?,14?,15+,16-;/m1./s1. The average Bonchev–Trinajstić information content (AvgIpc) is 2.40. The van der Waals surface area contributed by atoms with Crippen LogP contribution in [0.2, 0.25) is 0 Å². The zero-order valence-corrected chi connectivity index (χ0v) is 13.0. The van der Waals surface area contributed by atoms with E-state index in [1.807, 2.05) is 0 Å². The van der Waals surface area contributed by atoms with Crippen LogP contribution in [0.1, 0.15) is 58.8 Å². The molecule has 0 heterocycles. The highest BCUT2D eigenvalue weighted by Gasteiger charge is 2.47. The summed E-state index contributed by atoms with van der Waals surface area (Å²) >= 11 is 0. The first kappa shape index (κ1) is 16.3. The fraction of sp³-hybridized carbons (Fsp3) is 1.00. The zero-order chi connectivity index (χ0) is 14.7. The van der Waals surface area contributed by atoms with Crippen LogP contribution in [0.4, 0.5) is 0 Å². The van der Waals surface area contributed by atoms with Crippen LogP contribution in [0.3, 0.4) is 0 Å². The summed E-state index contributed by atoms with van der Waals surface area (Å²) < 4.78 is 0. The molecule has 0 aromatic carbocycles. The lowest BCUT2D eigenvalue weighted by atomic mass is 9.54. The Morgan fingerprint density at radius 1 is 0.800 bits per heavy atom. The Morgan fingerprint density at radius 3 is 2.15 bits per heavy atom. The van der Waals surface area contributed by atoms with E-state index in [1.54, 1.807) is 0 Å². The van der Waals surface area contributed by atoms with E-state index in [4.69, 9.17) is 10.2 Å². The Labute approximate surface area is 123 Å². The molecular formula is C17H32O3. The Balaban J connectivity index is 0.000000452. The molecule has 3 heteroatoms. The minimum atomic E-state index is -0.750. The number of hydrogen-bond acceptors (Lipinski definition) is 3. The Bertz CT molecular complexity index is 294. The van der Waals surface area contributed by atoms with Crippen molar-refractivity contribution in [3.8, 4) is 0 Å². The Kier molecular flexibility index (Phi) is 5.88. The Morgan fingerprint density at radius 2 is 1.45 bits per heavy atom. The first-order valence-electron chi connectivity index (χ1n) is 8.48. The summed E-state index contributed by atoms with van der Waals surface area (Å²) in [5, 5.41) is 24.6. The van der Waals surface area contributed by atoms with Crippen LogP contribution in [0.5, 0.6) is 0 Å². The fourth-order valence-electron chi connectivity index (χ4n) is 5.45. The molecule has 20 heavy (non-hydrogen) atoms. The quantitative estimate of drug-likeness (QED) is 0.599. The van der Waals surface area contributed by atoms with Crippen molar-refractivity contribution in [2.75, 3.05) is 6.79 Å². The van der Waals surface area contributed by atoms with Gasteiger partial charge in [-0.2, -0.15) is 0 Å². The van der Waals surface area contributed by atoms with Crippen molar-refractivity contribution in [3.05, 3.63) is 0 Å². The molecule has 0 radical (unpaired) electrons. The summed E-state index contributed by atoms with van der Waals surface area (Å²) in [6, 6.07) is 0. The lowest BCUT2D eigenvalue weighted by Crippen LogP contribution is -2.47. The zero-order valence-electron chi connectivity index (χ0n) is 13.0. The SMILES string of the molecule is C[C@@H]1C[C@@H]2C(CC[C@H]3C2CCC[C@@H]3C)[C@H](O)C1.OCO. The molecule has 0 aromatic heterocycles. The van der Waals surface area contributed by atoms with E-state index >= 15 is 0 Å². The molecular weight excluding hydrogens is 252 g/mol. The summed E-state index contributed by atoms with van der Waals surface area (Å²) in [5.41, 5.74) is 0. The molecule has 0 bridgehead atoms. The molecule has 2 unspecified atom stereocenters. The lowest BCUT2D eigenvalue weighted by Gasteiger charge is -2.52. The van der Waals surface area contributed by atoms with Crippen molar-refractivity contribution in [3.63, 3.8) is 0 Å². The summed E-state index contributed by atoms with van der Waals surface area (Å²) in [7, 11) is 0. The average molecular weight is 284 g/mol. The topological polar surface area (TPSA) is 60.7 Å². The van der Waals surface area contributed by atoms with Gasteiger partial charge in [-0.05, 0) is 67.6 Å². The molecule has 0 aliphatic heterocycles. The van der Waals surface area contributed by atoms with E-state index in [1.165, 1.54) is 38.5 Å². The van der Waals surface area contributed by atoms with Gasteiger partial charge in [-0.3, -0.25) is 0 Å². The molecule has 3 fully saturated rings. The smallest absolute Gasteiger partial charge is 0.140 e. The lowest BCUT2D eigenvalue weighted by molar-refractivity contribution is -0.0739. The maximum atomic E-state index is 10.3. The second kappa shape index (κ2) is 7.24. The molecule has 118 valence electrons. The highest BCUT2D eigenvalue weighted by atomic mass is 16.5. The van der Waals surface area contributed by atoms with Gasteiger partial charge in [0.15, 0.2) is 0 Å². The van der Waals surface area contributed by atoms with E-state index in [0.29, 0.717) is 5.92 Å². The number of aliphatic hydroxyl groups is 3. The van der Waals surface area contributed by atoms with E-state index in [0.717, 1.165) is 36.0 Å². The fourth-order valence-corrected chi connectivity index (χ4v) is 5.45. The van der Waals surface area contributed by atoms with Crippen LogP contribution in [-0.2, 0) is 0 Å². The highest BCUT2D eigenvalue weighted by Crippen LogP contribution is 2.53. The number of fused-ring (bicyclic) bond motifs is 3. The monoisotopic (exact) mass is 284 g/mol. The van der Waals surface area contributed by atoms with Crippen LogP contribution in [0.15, 0.2) is 0 Å². The second-order valence-electron chi connectivity index (χ2n) is 7.43. The van der Waals surface area contributed by atoms with E-state index < -0.39 is 6.79 Å². The summed E-state index contributed by atoms with van der Waals surface area (Å²) in [6.07, 6.45) is 9.54. The molecule has 0 saturated heterocycles. The third kappa shape index (κ3) is 3.37. The highest BCUT2D eigenvalue weighted by molar-refractivity contribution is 4.97. The van der Waals surface area contributed by atoms with Gasteiger partial charge in [0.2, 0.25) is 0 Å². The first-order valence-corrected chi connectivity index (χ1v) is 8.48. The van der Waals surface area contributed by atoms with Crippen molar-refractivity contribution < 1.29 is 15.3 Å². The predicted octanol–water partition coefficient (Wildman–Crippen LogP) is 2.78. The van der Waals surface area contributed by atoms with Gasteiger partial charge < -0.3 is 15.3 Å². The third-order valence-electron chi connectivity index (χ3n) is 6.22. The molecule has 3 rings (SSSR count). The van der Waals surface area contributed by atoms with Crippen molar-refractivity contribution >= 4 is 0 Å². The van der Waals surface area contributed by atoms with Crippen LogP contribution >= 0.6 is 0 Å². The van der Waals surface area contributed by atoms with E-state index in [9.17, 15) is 5.11 Å². The molecule has 3 N–H and O–H groups in total. The minimum Gasteiger partial charge on any atom is -0.393 e. The number of rotatable bonds is 0. The van der Waals surface area contributed by atoms with Crippen molar-refractivity contribution in [2.24, 2.45) is 35.5 Å². The van der Waals surface area contributed by atoms with Crippen LogP contribution < -0.4 is 0 Å². The van der Waals surface area contributed by atoms with Gasteiger partial charge in [-0.25, -0.2) is 0 Å². The van der Waals surface area contributed by atoms with Crippen LogP contribution in [0, 0.1) is 35.5 Å². The maximum absolute atomic E-state index is 10.3. The van der Waals surface area contributed by atoms with Crippen LogP contribution in [-0.4, -0.2) is 28.2 Å². The van der Waals surface area contributed by atoms with Gasteiger partial charge in [-0.1, -0.05) is 26.7 Å². The van der Waals surface area contributed by atoms with Gasteiger partial charge in [0.05, 0.1) is 6.10 Å². The van der Waals surface area contributed by atoms with Crippen molar-refractivity contribution in [2.45, 2.75) is 64.9 Å². The second-order valence-corrected chi connectivity index (χ2v) is 7.43. The number of hydrogen-bond donors (Lipinski definition) is 3. The molecule has 0 aromatic rings. The molecule has 3 saturated carbocycles. The summed E-state index contributed by atoms with van der Waals surface area (Å²) in [5.74, 6) is 5.15. The van der Waals surface area contributed by atoms with Crippen molar-refractivity contribution in [1.82, 2.24) is 0 Å². The third-order valence-corrected chi connectivity index (χ3v) is 6.22.